The number of hydrogen-bond donors (Lipinski definition) is 3. The molecule has 0 unspecified atom stereocenters. The van der Waals surface area contributed by atoms with Gasteiger partial charge in [-0.3, -0.25) is 15.6 Å². The van der Waals surface area contributed by atoms with Gasteiger partial charge in [0.2, 0.25) is 0 Å². The van der Waals surface area contributed by atoms with Gasteiger partial charge in [-0.2, -0.15) is 0 Å². The van der Waals surface area contributed by atoms with Gasteiger partial charge in [-0.05, 0) is 25.1 Å². The molecule has 0 spiro atoms. The van der Waals surface area contributed by atoms with E-state index >= 15 is 0 Å². The number of nitrogens with two attached hydrogens (primary N) is 1. The van der Waals surface area contributed by atoms with Crippen LogP contribution in [-0.4, -0.2) is 10.9 Å². The summed E-state index contributed by atoms with van der Waals surface area (Å²) in [5.74, 6) is 5.02. The van der Waals surface area contributed by atoms with Gasteiger partial charge in [0.05, 0.1) is 27.0 Å². The van der Waals surface area contributed by atoms with Crippen molar-refractivity contribution in [2.75, 3.05) is 10.7 Å². The van der Waals surface area contributed by atoms with E-state index in [-0.39, 0.29) is 10.9 Å². The van der Waals surface area contributed by atoms with E-state index in [2.05, 4.69) is 15.7 Å². The number of hydrazine groups is 1. The van der Waals surface area contributed by atoms with Gasteiger partial charge in [0.1, 0.15) is 0 Å². The fourth-order valence-corrected chi connectivity index (χ4v) is 2.00. The van der Waals surface area contributed by atoms with Crippen LogP contribution in [0.25, 0.3) is 0 Å². The van der Waals surface area contributed by atoms with Crippen LogP contribution in [-0.2, 0) is 0 Å². The zero-order valence-corrected chi connectivity index (χ0v) is 12.1. The Morgan fingerprint density at radius 1 is 1.30 bits per heavy atom. The summed E-state index contributed by atoms with van der Waals surface area (Å²) in [6.07, 6.45) is 1.44. The van der Waals surface area contributed by atoms with Crippen LogP contribution in [0, 0.1) is 6.92 Å². The first-order valence-corrected chi connectivity index (χ1v) is 6.47. The monoisotopic (exact) mass is 310 g/mol. The molecular formula is C13H12Cl2N4O. The molecule has 4 N–H and O–H groups in total. The zero-order chi connectivity index (χ0) is 14.7. The molecule has 0 atom stereocenters. The first kappa shape index (κ1) is 14.6. The molecule has 2 aromatic rings. The highest BCUT2D eigenvalue weighted by Crippen LogP contribution is 2.30. The number of carbonyl (C=O) groups is 1. The number of amides is 1. The van der Waals surface area contributed by atoms with Crippen LogP contribution in [0.15, 0.2) is 30.5 Å². The maximum Gasteiger partial charge on any atom is 0.259 e. The highest BCUT2D eigenvalue weighted by molar-refractivity contribution is 6.44. The van der Waals surface area contributed by atoms with Crippen LogP contribution < -0.4 is 16.6 Å². The summed E-state index contributed by atoms with van der Waals surface area (Å²) in [7, 11) is 0. The van der Waals surface area contributed by atoms with Gasteiger partial charge in [-0.25, -0.2) is 0 Å². The molecule has 7 heteroatoms. The summed E-state index contributed by atoms with van der Waals surface area (Å²) in [6, 6.07) is 6.66. The van der Waals surface area contributed by atoms with Crippen molar-refractivity contribution in [3.05, 3.63) is 51.8 Å². The van der Waals surface area contributed by atoms with Gasteiger partial charge in [-0.1, -0.05) is 29.3 Å². The van der Waals surface area contributed by atoms with Crippen LogP contribution in [0.1, 0.15) is 16.1 Å². The Kier molecular flexibility index (Phi) is 4.44. The van der Waals surface area contributed by atoms with Crippen LogP contribution in [0.3, 0.4) is 0 Å². The van der Waals surface area contributed by atoms with Gasteiger partial charge in [0.25, 0.3) is 5.91 Å². The van der Waals surface area contributed by atoms with Gasteiger partial charge in [0.15, 0.2) is 0 Å². The third-order valence-corrected chi connectivity index (χ3v) is 3.46. The van der Waals surface area contributed by atoms with Crippen molar-refractivity contribution in [2.45, 2.75) is 6.92 Å². The molecule has 0 radical (unpaired) electrons. The average Bonchev–Trinajstić information content (AvgIpc) is 2.43. The zero-order valence-electron chi connectivity index (χ0n) is 10.6. The van der Waals surface area contributed by atoms with E-state index in [4.69, 9.17) is 29.0 Å². The smallest absolute Gasteiger partial charge is 0.259 e. The minimum absolute atomic E-state index is 0.282. The maximum absolute atomic E-state index is 12.2. The Morgan fingerprint density at radius 2 is 2.05 bits per heavy atom. The van der Waals surface area contributed by atoms with Crippen molar-refractivity contribution in [3.8, 4) is 0 Å². The second-order valence-corrected chi connectivity index (χ2v) is 4.86. The van der Waals surface area contributed by atoms with E-state index in [0.29, 0.717) is 22.0 Å². The highest BCUT2D eigenvalue weighted by atomic mass is 35.5. The summed E-state index contributed by atoms with van der Waals surface area (Å²) in [5, 5.41) is 3.32. The number of rotatable bonds is 3. The van der Waals surface area contributed by atoms with E-state index in [1.54, 1.807) is 31.2 Å². The normalized spacial score (nSPS) is 10.2. The summed E-state index contributed by atoms with van der Waals surface area (Å²) in [5.41, 5.74) is 4.43. The molecule has 0 aliphatic carbocycles. The van der Waals surface area contributed by atoms with Crippen LogP contribution >= 0.6 is 23.2 Å². The van der Waals surface area contributed by atoms with Crippen molar-refractivity contribution >= 4 is 40.5 Å². The first-order valence-electron chi connectivity index (χ1n) is 5.71. The molecule has 1 aromatic heterocycles. The minimum Gasteiger partial charge on any atom is -0.323 e. The third kappa shape index (κ3) is 3.01. The number of anilines is 2. The lowest BCUT2D eigenvalue weighted by atomic mass is 10.2. The molecule has 2 rings (SSSR count). The van der Waals surface area contributed by atoms with E-state index in [9.17, 15) is 4.79 Å². The first-order chi connectivity index (χ1) is 9.52. The molecule has 0 aliphatic rings. The van der Waals surface area contributed by atoms with Gasteiger partial charge in [-0.15, -0.1) is 0 Å². The van der Waals surface area contributed by atoms with E-state index in [0.717, 1.165) is 5.69 Å². The number of nitrogens with zero attached hydrogens (tertiary/aromatic N) is 1. The Hall–Kier alpha value is -1.82. The maximum atomic E-state index is 12.2. The van der Waals surface area contributed by atoms with Crippen LogP contribution in [0.2, 0.25) is 10.0 Å². The van der Waals surface area contributed by atoms with E-state index < -0.39 is 0 Å². The van der Waals surface area contributed by atoms with Gasteiger partial charge < -0.3 is 10.7 Å². The number of halogens is 2. The Bertz CT molecular complexity index is 661. The van der Waals surface area contributed by atoms with E-state index in [1.807, 2.05) is 0 Å². The average molecular weight is 311 g/mol. The number of pyridine rings is 1. The van der Waals surface area contributed by atoms with Gasteiger partial charge >= 0.3 is 0 Å². The van der Waals surface area contributed by atoms with Crippen LogP contribution in [0.5, 0.6) is 0 Å². The lowest BCUT2D eigenvalue weighted by molar-refractivity contribution is 0.102. The molecule has 1 amide bonds. The number of nitrogen functional groups attached to an aromatic ring is 1. The summed E-state index contributed by atoms with van der Waals surface area (Å²) in [6.45, 7) is 1.80. The number of aryl methyl sites for hydroxylation is 1. The van der Waals surface area contributed by atoms with Crippen LogP contribution in [0.4, 0.5) is 11.4 Å². The molecule has 1 aromatic carbocycles. The Morgan fingerprint density at radius 3 is 2.75 bits per heavy atom. The topological polar surface area (TPSA) is 80.0 Å². The van der Waals surface area contributed by atoms with Crippen molar-refractivity contribution in [2.24, 2.45) is 5.84 Å². The van der Waals surface area contributed by atoms with E-state index in [1.165, 1.54) is 6.20 Å². The Balaban J connectivity index is 2.31. The fourth-order valence-electron chi connectivity index (χ4n) is 1.65. The number of benzene rings is 1. The minimum atomic E-state index is -0.380. The molecular weight excluding hydrogens is 299 g/mol. The largest absolute Gasteiger partial charge is 0.323 e. The quantitative estimate of drug-likeness (QED) is 0.600. The molecule has 0 saturated heterocycles. The number of aromatic nitrogens is 1. The highest BCUT2D eigenvalue weighted by Gasteiger charge is 2.14. The standard InChI is InChI=1S/C13H12Cl2N4O/c1-7-5-11(19-16)8(6-17-7)13(20)18-10-4-2-3-9(14)12(10)15/h2-6H,16H2,1H3,(H,17,19)(H,18,20). The number of carbonyl (C=O) groups excluding carboxylic acids is 1. The summed E-state index contributed by atoms with van der Waals surface area (Å²) >= 11 is 11.9. The van der Waals surface area contributed by atoms with Gasteiger partial charge in [0, 0.05) is 11.9 Å². The third-order valence-electron chi connectivity index (χ3n) is 2.64. The molecule has 0 aliphatic heterocycles. The molecule has 5 nitrogen and oxygen atoms in total. The lowest BCUT2D eigenvalue weighted by Gasteiger charge is -2.11. The van der Waals surface area contributed by atoms with Crippen molar-refractivity contribution < 1.29 is 4.79 Å². The van der Waals surface area contributed by atoms with Crippen molar-refractivity contribution in [1.29, 1.82) is 0 Å². The summed E-state index contributed by atoms with van der Waals surface area (Å²) in [4.78, 5) is 16.3. The predicted octanol–water partition coefficient (Wildman–Crippen LogP) is 3.23. The molecule has 20 heavy (non-hydrogen) atoms. The molecule has 0 fully saturated rings. The lowest BCUT2D eigenvalue weighted by Crippen LogP contribution is -2.18. The van der Waals surface area contributed by atoms with Crippen molar-refractivity contribution in [1.82, 2.24) is 4.98 Å². The second kappa shape index (κ2) is 6.09. The Labute approximate surface area is 126 Å². The molecule has 1 heterocycles. The predicted molar refractivity (Wildman–Crippen MR) is 81.2 cm³/mol. The molecule has 0 saturated carbocycles. The second-order valence-electron chi connectivity index (χ2n) is 4.07. The number of nitrogens with one attached hydrogen (secondary N) is 2. The van der Waals surface area contributed by atoms with Crippen molar-refractivity contribution in [3.63, 3.8) is 0 Å². The molecule has 104 valence electrons. The summed E-state index contributed by atoms with van der Waals surface area (Å²) < 4.78 is 0. The molecule has 0 bridgehead atoms. The fraction of sp³-hybridized carbons (Fsp3) is 0.0769. The SMILES string of the molecule is Cc1cc(NN)c(C(=O)Nc2cccc(Cl)c2Cl)cn1. The number of hydrogen-bond acceptors (Lipinski definition) is 4.